The molecule has 6 nitrogen and oxygen atoms in total. The van der Waals surface area contributed by atoms with Crippen LogP contribution in [0.5, 0.6) is 5.75 Å². The number of aromatic nitrogens is 3. The summed E-state index contributed by atoms with van der Waals surface area (Å²) < 4.78 is 12.4. The number of esters is 1. The van der Waals surface area contributed by atoms with Crippen LogP contribution in [0.1, 0.15) is 24.5 Å². The van der Waals surface area contributed by atoms with Crippen molar-refractivity contribution in [1.29, 1.82) is 0 Å². The predicted molar refractivity (Wildman–Crippen MR) is 72.5 cm³/mol. The maximum absolute atomic E-state index is 11.7. The van der Waals surface area contributed by atoms with Crippen molar-refractivity contribution in [1.82, 2.24) is 14.5 Å². The van der Waals surface area contributed by atoms with Crippen LogP contribution in [0.15, 0.2) is 36.9 Å². The molecule has 106 valence electrons. The lowest BCUT2D eigenvalue weighted by molar-refractivity contribution is 0.0503. The number of ether oxygens (including phenoxy) is 2. The Labute approximate surface area is 117 Å². The molecule has 2 aromatic heterocycles. The van der Waals surface area contributed by atoms with E-state index in [1.54, 1.807) is 36.3 Å². The second kappa shape index (κ2) is 6.70. The lowest BCUT2D eigenvalue weighted by Crippen LogP contribution is -2.22. The molecule has 0 amide bonds. The van der Waals surface area contributed by atoms with Crippen LogP contribution in [0.25, 0.3) is 0 Å². The molecule has 1 atom stereocenters. The van der Waals surface area contributed by atoms with Crippen LogP contribution in [-0.2, 0) is 11.3 Å². The molecule has 0 aliphatic heterocycles. The van der Waals surface area contributed by atoms with Gasteiger partial charge in [-0.2, -0.15) is 0 Å². The smallest absolute Gasteiger partial charge is 0.374 e. The van der Waals surface area contributed by atoms with Gasteiger partial charge in [0, 0.05) is 18.6 Å². The Morgan fingerprint density at radius 2 is 2.30 bits per heavy atom. The predicted octanol–water partition coefficient (Wildman–Crippen LogP) is 1.92. The van der Waals surface area contributed by atoms with E-state index in [2.05, 4.69) is 9.97 Å². The fraction of sp³-hybridized carbons (Fsp3) is 0.357. The number of pyridine rings is 1. The van der Waals surface area contributed by atoms with E-state index in [1.807, 2.05) is 19.1 Å². The van der Waals surface area contributed by atoms with Crippen LogP contribution in [0, 0.1) is 0 Å². The summed E-state index contributed by atoms with van der Waals surface area (Å²) in [7, 11) is 0. The fourth-order valence-corrected chi connectivity index (χ4v) is 1.81. The minimum atomic E-state index is -0.425. The zero-order valence-corrected chi connectivity index (χ0v) is 11.5. The Balaban J connectivity index is 2.00. The molecule has 0 saturated carbocycles. The molecule has 0 radical (unpaired) electrons. The first-order chi connectivity index (χ1) is 9.70. The van der Waals surface area contributed by atoms with Crippen molar-refractivity contribution in [3.05, 3.63) is 42.7 Å². The highest BCUT2D eigenvalue weighted by Gasteiger charge is 2.16. The highest BCUT2D eigenvalue weighted by Crippen LogP contribution is 2.11. The van der Waals surface area contributed by atoms with Gasteiger partial charge in [0.1, 0.15) is 11.9 Å². The maximum atomic E-state index is 11.7. The largest absolute Gasteiger partial charge is 0.487 e. The van der Waals surface area contributed by atoms with Crippen molar-refractivity contribution >= 4 is 5.97 Å². The summed E-state index contributed by atoms with van der Waals surface area (Å²) in [5, 5.41) is 0. The highest BCUT2D eigenvalue weighted by atomic mass is 16.5. The zero-order chi connectivity index (χ0) is 14.4. The molecule has 0 unspecified atom stereocenters. The minimum absolute atomic E-state index is 0.124. The lowest BCUT2D eigenvalue weighted by atomic mass is 10.3. The number of hydrogen-bond donors (Lipinski definition) is 0. The first-order valence-electron chi connectivity index (χ1n) is 6.45. The lowest BCUT2D eigenvalue weighted by Gasteiger charge is -2.16. The van der Waals surface area contributed by atoms with Gasteiger partial charge in [0.25, 0.3) is 0 Å². The number of hydrogen-bond acceptors (Lipinski definition) is 5. The average molecular weight is 275 g/mol. The Morgan fingerprint density at radius 1 is 1.45 bits per heavy atom. The molecule has 0 N–H and O–H groups in total. The second-order valence-corrected chi connectivity index (χ2v) is 4.24. The molecule has 2 rings (SSSR count). The van der Waals surface area contributed by atoms with Crippen molar-refractivity contribution in [2.45, 2.75) is 26.5 Å². The van der Waals surface area contributed by atoms with Gasteiger partial charge in [0.2, 0.25) is 5.82 Å². The molecule has 0 aliphatic carbocycles. The normalized spacial score (nSPS) is 11.9. The fourth-order valence-electron chi connectivity index (χ4n) is 1.81. The van der Waals surface area contributed by atoms with Crippen LogP contribution in [-0.4, -0.2) is 33.2 Å². The van der Waals surface area contributed by atoms with Gasteiger partial charge in [-0.15, -0.1) is 0 Å². The van der Waals surface area contributed by atoms with Crippen molar-refractivity contribution in [3.63, 3.8) is 0 Å². The summed E-state index contributed by atoms with van der Waals surface area (Å²) in [5.74, 6) is 0.553. The van der Waals surface area contributed by atoms with E-state index in [1.165, 1.54) is 0 Å². The van der Waals surface area contributed by atoms with Gasteiger partial charge in [0.05, 0.1) is 19.3 Å². The van der Waals surface area contributed by atoms with E-state index in [9.17, 15) is 4.79 Å². The van der Waals surface area contributed by atoms with Gasteiger partial charge in [-0.25, -0.2) is 9.78 Å². The number of carbonyl (C=O) groups is 1. The Hall–Kier alpha value is -2.37. The van der Waals surface area contributed by atoms with Crippen LogP contribution < -0.4 is 4.74 Å². The summed E-state index contributed by atoms with van der Waals surface area (Å²) in [6, 6.07) is 3.65. The number of nitrogens with zero attached hydrogens (tertiary/aromatic N) is 3. The Morgan fingerprint density at radius 3 is 3.00 bits per heavy atom. The molecule has 0 fully saturated rings. The number of carbonyl (C=O) groups excluding carboxylic acids is 1. The summed E-state index contributed by atoms with van der Waals surface area (Å²) in [5.41, 5.74) is 0. The number of rotatable bonds is 6. The topological polar surface area (TPSA) is 66.2 Å². The van der Waals surface area contributed by atoms with Crippen molar-refractivity contribution in [3.8, 4) is 5.75 Å². The van der Waals surface area contributed by atoms with E-state index >= 15 is 0 Å². The van der Waals surface area contributed by atoms with Gasteiger partial charge in [-0.05, 0) is 26.0 Å². The molecule has 2 aromatic rings. The van der Waals surface area contributed by atoms with Crippen LogP contribution in [0.2, 0.25) is 0 Å². The number of imidazole rings is 1. The van der Waals surface area contributed by atoms with E-state index in [0.29, 0.717) is 18.9 Å². The van der Waals surface area contributed by atoms with Gasteiger partial charge in [0.15, 0.2) is 0 Å². The highest BCUT2D eigenvalue weighted by molar-refractivity contribution is 5.85. The van der Waals surface area contributed by atoms with E-state index in [-0.39, 0.29) is 11.9 Å². The van der Waals surface area contributed by atoms with Crippen LogP contribution >= 0.6 is 0 Å². The van der Waals surface area contributed by atoms with E-state index in [0.717, 1.165) is 0 Å². The standard InChI is InChI=1S/C14H17N3O3/c1-3-19-14(18)13-16-7-8-17(13)10-11(2)20-12-5-4-6-15-9-12/h4-9,11H,3,10H2,1-2H3/t11-/m1/s1. The summed E-state index contributed by atoms with van der Waals surface area (Å²) >= 11 is 0. The second-order valence-electron chi connectivity index (χ2n) is 4.24. The van der Waals surface area contributed by atoms with Gasteiger partial charge in [-0.3, -0.25) is 4.98 Å². The first kappa shape index (κ1) is 14.0. The van der Waals surface area contributed by atoms with E-state index in [4.69, 9.17) is 9.47 Å². The third-order valence-electron chi connectivity index (χ3n) is 2.60. The molecular weight excluding hydrogens is 258 g/mol. The average Bonchev–Trinajstić information content (AvgIpc) is 2.88. The molecule has 6 heteroatoms. The third-order valence-corrected chi connectivity index (χ3v) is 2.60. The Bertz CT molecular complexity index is 554. The molecule has 20 heavy (non-hydrogen) atoms. The van der Waals surface area contributed by atoms with Crippen LogP contribution in [0.4, 0.5) is 0 Å². The molecular formula is C14H17N3O3. The summed E-state index contributed by atoms with van der Waals surface area (Å²) in [6.07, 6.45) is 6.52. The van der Waals surface area contributed by atoms with Crippen molar-refractivity contribution in [2.75, 3.05) is 6.61 Å². The van der Waals surface area contributed by atoms with E-state index < -0.39 is 5.97 Å². The third kappa shape index (κ3) is 3.57. The minimum Gasteiger partial charge on any atom is -0.487 e. The van der Waals surface area contributed by atoms with Crippen LogP contribution in [0.3, 0.4) is 0 Å². The SMILES string of the molecule is CCOC(=O)c1nccn1C[C@@H](C)Oc1cccnc1. The zero-order valence-electron chi connectivity index (χ0n) is 11.5. The monoisotopic (exact) mass is 275 g/mol. The van der Waals surface area contributed by atoms with Gasteiger partial charge in [-0.1, -0.05) is 0 Å². The van der Waals surface area contributed by atoms with Gasteiger partial charge >= 0.3 is 5.97 Å². The summed E-state index contributed by atoms with van der Waals surface area (Å²) in [6.45, 7) is 4.51. The van der Waals surface area contributed by atoms with Gasteiger partial charge < -0.3 is 14.0 Å². The summed E-state index contributed by atoms with van der Waals surface area (Å²) in [4.78, 5) is 19.7. The molecule has 0 spiro atoms. The molecule has 0 saturated heterocycles. The molecule has 0 bridgehead atoms. The van der Waals surface area contributed by atoms with Crippen molar-refractivity contribution in [2.24, 2.45) is 0 Å². The van der Waals surface area contributed by atoms with Crippen molar-refractivity contribution < 1.29 is 14.3 Å². The molecule has 0 aliphatic rings. The quantitative estimate of drug-likeness (QED) is 0.753. The Kier molecular flexibility index (Phi) is 4.70. The molecule has 0 aromatic carbocycles. The maximum Gasteiger partial charge on any atom is 0.374 e. The first-order valence-corrected chi connectivity index (χ1v) is 6.45. The molecule has 2 heterocycles.